The second-order valence-corrected chi connectivity index (χ2v) is 7.83. The van der Waals surface area contributed by atoms with Gasteiger partial charge in [0, 0.05) is 25.7 Å². The molecule has 146 valence electrons. The second-order valence-electron chi connectivity index (χ2n) is 6.88. The van der Waals surface area contributed by atoms with Gasteiger partial charge in [0.2, 0.25) is 5.91 Å². The summed E-state index contributed by atoms with van der Waals surface area (Å²) in [6.07, 6.45) is 2.78. The van der Waals surface area contributed by atoms with Crippen molar-refractivity contribution < 1.29 is 19.2 Å². The second kappa shape index (κ2) is 8.64. The Morgan fingerprint density at radius 1 is 1.37 bits per heavy atom. The van der Waals surface area contributed by atoms with Crippen molar-refractivity contribution in [2.75, 3.05) is 32.8 Å². The molecule has 0 bridgehead atoms. The predicted molar refractivity (Wildman–Crippen MR) is 101 cm³/mol. The molecule has 0 radical (unpaired) electrons. The molecule has 2 aromatic heterocycles. The van der Waals surface area contributed by atoms with E-state index >= 15 is 0 Å². The average molecular weight is 392 g/mol. The van der Waals surface area contributed by atoms with Crippen LogP contribution in [0.3, 0.4) is 0 Å². The van der Waals surface area contributed by atoms with Gasteiger partial charge in [-0.05, 0) is 30.8 Å². The number of nitrogens with zero attached hydrogens (tertiary/aromatic N) is 2. The summed E-state index contributed by atoms with van der Waals surface area (Å²) < 4.78 is 5.21. The average Bonchev–Trinajstić information content (AvgIpc) is 3.30. The van der Waals surface area contributed by atoms with Crippen LogP contribution in [0.1, 0.15) is 29.8 Å². The summed E-state index contributed by atoms with van der Waals surface area (Å²) in [5.74, 6) is -0.0721. The Labute approximate surface area is 161 Å². The molecule has 0 saturated carbocycles. The first-order valence-corrected chi connectivity index (χ1v) is 9.84. The largest absolute Gasteiger partial charge is 0.395 e. The van der Waals surface area contributed by atoms with E-state index in [2.05, 4.69) is 15.4 Å². The van der Waals surface area contributed by atoms with Gasteiger partial charge in [-0.2, -0.15) is 0 Å². The summed E-state index contributed by atoms with van der Waals surface area (Å²) in [5.41, 5.74) is 4.85. The van der Waals surface area contributed by atoms with Crippen molar-refractivity contribution >= 4 is 23.2 Å². The fraction of sp³-hybridized carbons (Fsp3) is 0.500. The molecule has 1 saturated heterocycles. The van der Waals surface area contributed by atoms with E-state index in [1.165, 1.54) is 11.3 Å². The van der Waals surface area contributed by atoms with Gasteiger partial charge in [0.25, 0.3) is 5.91 Å². The van der Waals surface area contributed by atoms with Crippen LogP contribution in [0.4, 0.5) is 0 Å². The number of nitrogens with two attached hydrogens (primary N) is 1. The molecular weight excluding hydrogens is 368 g/mol. The van der Waals surface area contributed by atoms with E-state index in [1.54, 1.807) is 6.07 Å². The predicted octanol–water partition coefficient (Wildman–Crippen LogP) is 1.08. The number of rotatable bonds is 10. The molecule has 0 unspecified atom stereocenters. The number of hydrogen-bond donors (Lipinski definition) is 3. The molecule has 4 N–H and O–H groups in total. The zero-order chi connectivity index (χ0) is 19.3. The SMILES string of the molecule is NC(=O)C1(CO)CN(CCCCCNC(=O)c2cc(-c3cccs3)on2)C1. The normalized spacial score (nSPS) is 16.0. The van der Waals surface area contributed by atoms with Gasteiger partial charge in [0.05, 0.1) is 16.9 Å². The molecule has 8 nitrogen and oxygen atoms in total. The first-order chi connectivity index (χ1) is 13.0. The van der Waals surface area contributed by atoms with Crippen LogP contribution < -0.4 is 11.1 Å². The van der Waals surface area contributed by atoms with Gasteiger partial charge in [-0.1, -0.05) is 17.6 Å². The number of nitrogens with one attached hydrogen (secondary N) is 1. The van der Waals surface area contributed by atoms with Crippen LogP contribution >= 0.6 is 11.3 Å². The highest BCUT2D eigenvalue weighted by atomic mass is 32.1. The van der Waals surface area contributed by atoms with Gasteiger partial charge in [-0.25, -0.2) is 0 Å². The van der Waals surface area contributed by atoms with Crippen LogP contribution in [0, 0.1) is 5.41 Å². The maximum absolute atomic E-state index is 12.1. The van der Waals surface area contributed by atoms with Gasteiger partial charge >= 0.3 is 0 Å². The Hall–Kier alpha value is -2.23. The van der Waals surface area contributed by atoms with Crippen molar-refractivity contribution in [3.8, 4) is 10.6 Å². The molecule has 0 aliphatic carbocycles. The van der Waals surface area contributed by atoms with Crippen LogP contribution in [0.5, 0.6) is 0 Å². The van der Waals surface area contributed by atoms with Gasteiger partial charge in [0.1, 0.15) is 0 Å². The number of unbranched alkanes of at least 4 members (excludes halogenated alkanes) is 2. The standard InChI is InChI=1S/C18H24N4O4S/c19-17(25)18(12-23)10-22(11-18)7-3-1-2-6-20-16(24)13-9-14(26-21-13)15-5-4-8-27-15/h4-5,8-9,23H,1-3,6-7,10-12H2,(H2,19,25)(H,20,24). The van der Waals surface area contributed by atoms with E-state index < -0.39 is 11.3 Å². The number of aliphatic hydroxyl groups excluding tert-OH is 1. The monoisotopic (exact) mass is 392 g/mol. The summed E-state index contributed by atoms with van der Waals surface area (Å²) in [4.78, 5) is 26.5. The Bertz CT molecular complexity index is 768. The minimum absolute atomic E-state index is 0.193. The van der Waals surface area contributed by atoms with Gasteiger partial charge in [-0.15, -0.1) is 11.3 Å². The third-order valence-electron chi connectivity index (χ3n) is 4.82. The Balaban J connectivity index is 1.29. The molecule has 3 rings (SSSR count). The molecule has 3 heterocycles. The quantitative estimate of drug-likeness (QED) is 0.520. The summed E-state index contributed by atoms with van der Waals surface area (Å²) in [5, 5.41) is 17.9. The van der Waals surface area contributed by atoms with Crippen LogP contribution in [0.25, 0.3) is 10.6 Å². The maximum atomic E-state index is 12.1. The Kier molecular flexibility index (Phi) is 6.25. The van der Waals surface area contributed by atoms with Gasteiger partial charge < -0.3 is 25.6 Å². The van der Waals surface area contributed by atoms with E-state index in [9.17, 15) is 14.7 Å². The highest BCUT2D eigenvalue weighted by molar-refractivity contribution is 7.13. The third-order valence-corrected chi connectivity index (χ3v) is 5.71. The third kappa shape index (κ3) is 4.55. The molecule has 0 aromatic carbocycles. The summed E-state index contributed by atoms with van der Waals surface area (Å²) in [6, 6.07) is 5.48. The number of aromatic nitrogens is 1. The lowest BCUT2D eigenvalue weighted by molar-refractivity contribution is -0.143. The molecule has 0 atom stereocenters. The lowest BCUT2D eigenvalue weighted by atomic mass is 9.79. The number of carbonyl (C=O) groups is 2. The molecule has 0 spiro atoms. The summed E-state index contributed by atoms with van der Waals surface area (Å²) in [7, 11) is 0. The topological polar surface area (TPSA) is 122 Å². The van der Waals surface area contributed by atoms with Crippen LogP contribution in [0.15, 0.2) is 28.1 Å². The number of carbonyl (C=O) groups excluding carboxylic acids is 2. The molecule has 1 aliphatic rings. The number of aliphatic hydroxyl groups is 1. The van der Waals surface area contributed by atoms with E-state index in [4.69, 9.17) is 10.3 Å². The smallest absolute Gasteiger partial charge is 0.273 e. The Morgan fingerprint density at radius 3 is 2.85 bits per heavy atom. The van der Waals surface area contributed by atoms with Gasteiger partial charge in [0.15, 0.2) is 11.5 Å². The van der Waals surface area contributed by atoms with Crippen molar-refractivity contribution in [2.24, 2.45) is 11.1 Å². The van der Waals surface area contributed by atoms with Crippen LogP contribution in [-0.4, -0.2) is 59.8 Å². The van der Waals surface area contributed by atoms with Crippen molar-refractivity contribution in [3.63, 3.8) is 0 Å². The zero-order valence-electron chi connectivity index (χ0n) is 15.0. The molecule has 2 amide bonds. The minimum atomic E-state index is -0.756. The first-order valence-electron chi connectivity index (χ1n) is 8.96. The molecule has 9 heteroatoms. The lowest BCUT2D eigenvalue weighted by Gasteiger charge is -2.47. The van der Waals surface area contributed by atoms with E-state index in [-0.39, 0.29) is 18.2 Å². The fourth-order valence-corrected chi connectivity index (χ4v) is 3.82. The highest BCUT2D eigenvalue weighted by Gasteiger charge is 2.47. The number of hydrogen-bond acceptors (Lipinski definition) is 7. The molecular formula is C18H24N4O4S. The first kappa shape index (κ1) is 19.5. The van der Waals surface area contributed by atoms with Crippen molar-refractivity contribution in [2.45, 2.75) is 19.3 Å². The van der Waals surface area contributed by atoms with E-state index in [1.807, 2.05) is 17.5 Å². The van der Waals surface area contributed by atoms with Crippen molar-refractivity contribution in [1.82, 2.24) is 15.4 Å². The number of primary amides is 1. The number of amides is 2. The highest BCUT2D eigenvalue weighted by Crippen LogP contribution is 2.29. The summed E-state index contributed by atoms with van der Waals surface area (Å²) >= 11 is 1.53. The molecule has 1 fully saturated rings. The van der Waals surface area contributed by atoms with Gasteiger partial charge in [-0.3, -0.25) is 9.59 Å². The number of thiophene rings is 1. The van der Waals surface area contributed by atoms with Crippen LogP contribution in [0.2, 0.25) is 0 Å². The molecule has 1 aliphatic heterocycles. The molecule has 2 aromatic rings. The fourth-order valence-electron chi connectivity index (χ4n) is 3.15. The zero-order valence-corrected chi connectivity index (χ0v) is 15.8. The van der Waals surface area contributed by atoms with E-state index in [0.29, 0.717) is 25.4 Å². The molecule has 27 heavy (non-hydrogen) atoms. The number of likely N-dealkylation sites (tertiary alicyclic amines) is 1. The van der Waals surface area contributed by atoms with Crippen LogP contribution in [-0.2, 0) is 4.79 Å². The summed E-state index contributed by atoms with van der Waals surface area (Å²) in [6.45, 7) is 2.28. The Morgan fingerprint density at radius 2 is 2.19 bits per heavy atom. The maximum Gasteiger partial charge on any atom is 0.273 e. The minimum Gasteiger partial charge on any atom is -0.395 e. The van der Waals surface area contributed by atoms with E-state index in [0.717, 1.165) is 30.7 Å². The lowest BCUT2D eigenvalue weighted by Crippen LogP contribution is -2.64. The van der Waals surface area contributed by atoms with Crippen molar-refractivity contribution in [1.29, 1.82) is 0 Å². The van der Waals surface area contributed by atoms with Crippen molar-refractivity contribution in [3.05, 3.63) is 29.3 Å².